The van der Waals surface area contributed by atoms with E-state index in [1.54, 1.807) is 0 Å². The maximum absolute atomic E-state index is 6.31. The van der Waals surface area contributed by atoms with Gasteiger partial charge in [0, 0.05) is 33.2 Å². The number of furan rings is 1. The number of nitrogens with zero attached hydrogens (tertiary/aromatic N) is 3. The molecule has 0 unspecified atom stereocenters. The molecule has 36 heavy (non-hydrogen) atoms. The molecule has 0 N–H and O–H groups in total. The van der Waals surface area contributed by atoms with Gasteiger partial charge in [-0.3, -0.25) is 4.57 Å². The average Bonchev–Trinajstić information content (AvgIpc) is 3.56. The van der Waals surface area contributed by atoms with Crippen molar-refractivity contribution < 1.29 is 4.42 Å². The van der Waals surface area contributed by atoms with Crippen LogP contribution in [0, 0.1) is 0 Å². The molecule has 0 aliphatic heterocycles. The molecule has 170 valence electrons. The van der Waals surface area contributed by atoms with E-state index in [9.17, 15) is 0 Å². The van der Waals surface area contributed by atoms with E-state index in [0.717, 1.165) is 61.5 Å². The van der Waals surface area contributed by atoms with Gasteiger partial charge in [-0.1, -0.05) is 103 Å². The second kappa shape index (κ2) is 8.36. The monoisotopic (exact) mass is 463 g/mol. The highest BCUT2D eigenvalue weighted by molar-refractivity contribution is 6.09. The lowest BCUT2D eigenvalue weighted by atomic mass is 10.00. The second-order valence-electron chi connectivity index (χ2n) is 8.75. The number of rotatable bonds is 4. The number of para-hydroxylation sites is 3. The average molecular weight is 464 g/mol. The molecule has 0 spiro atoms. The van der Waals surface area contributed by atoms with Crippen LogP contribution < -0.4 is 0 Å². The quantitative estimate of drug-likeness (QED) is 0.264. The van der Waals surface area contributed by atoms with E-state index < -0.39 is 0 Å². The van der Waals surface area contributed by atoms with Gasteiger partial charge in [0.25, 0.3) is 0 Å². The molecule has 2 heterocycles. The molecule has 0 bridgehead atoms. The van der Waals surface area contributed by atoms with Crippen LogP contribution in [0.1, 0.15) is 0 Å². The smallest absolute Gasteiger partial charge is 0.168 e. The van der Waals surface area contributed by atoms with Crippen molar-refractivity contribution in [3.8, 4) is 39.6 Å². The Bertz CT molecular complexity index is 1830. The van der Waals surface area contributed by atoms with Crippen LogP contribution in [0.3, 0.4) is 0 Å². The van der Waals surface area contributed by atoms with E-state index in [4.69, 9.17) is 4.42 Å². The standard InChI is InChI=1S/C32H21N3O/c1-3-11-22(12-4-1)31-33-34-32(35(31)25-15-5-2-6-16-25)24-14-9-13-23(21-24)26-18-10-19-28-27-17-7-8-20-29(27)36-30(26)28/h1-21H. The largest absolute Gasteiger partial charge is 0.455 e. The third kappa shape index (κ3) is 3.31. The Kier molecular flexibility index (Phi) is 4.74. The highest BCUT2D eigenvalue weighted by Gasteiger charge is 2.18. The molecule has 5 aromatic carbocycles. The van der Waals surface area contributed by atoms with Crippen LogP contribution >= 0.6 is 0 Å². The van der Waals surface area contributed by atoms with E-state index in [1.165, 1.54) is 0 Å². The number of hydrogen-bond acceptors (Lipinski definition) is 3. The first kappa shape index (κ1) is 20.4. The van der Waals surface area contributed by atoms with Crippen molar-refractivity contribution in [2.24, 2.45) is 0 Å². The predicted molar refractivity (Wildman–Crippen MR) is 145 cm³/mol. The Morgan fingerprint density at radius 3 is 1.94 bits per heavy atom. The minimum atomic E-state index is 0.790. The van der Waals surface area contributed by atoms with Crippen LogP contribution in [0.2, 0.25) is 0 Å². The zero-order chi connectivity index (χ0) is 23.9. The summed E-state index contributed by atoms with van der Waals surface area (Å²) in [5, 5.41) is 11.5. The molecule has 0 saturated carbocycles. The number of benzene rings is 5. The molecule has 7 aromatic rings. The molecule has 2 aromatic heterocycles. The summed E-state index contributed by atoms with van der Waals surface area (Å²) < 4.78 is 8.43. The van der Waals surface area contributed by atoms with Crippen molar-refractivity contribution >= 4 is 21.9 Å². The number of fused-ring (bicyclic) bond motifs is 3. The van der Waals surface area contributed by atoms with Gasteiger partial charge in [0.15, 0.2) is 11.6 Å². The lowest BCUT2D eigenvalue weighted by Gasteiger charge is -2.12. The topological polar surface area (TPSA) is 43.9 Å². The van der Waals surface area contributed by atoms with Crippen LogP contribution in [0.4, 0.5) is 0 Å². The Labute approximate surface area is 208 Å². The van der Waals surface area contributed by atoms with Gasteiger partial charge in [-0.2, -0.15) is 0 Å². The van der Waals surface area contributed by atoms with Gasteiger partial charge < -0.3 is 4.42 Å². The Morgan fingerprint density at radius 1 is 0.500 bits per heavy atom. The molecule has 0 atom stereocenters. The molecule has 4 heteroatoms. The van der Waals surface area contributed by atoms with E-state index in [2.05, 4.69) is 87.6 Å². The summed E-state index contributed by atoms with van der Waals surface area (Å²) in [6, 6.07) is 43.4. The van der Waals surface area contributed by atoms with Gasteiger partial charge in [-0.25, -0.2) is 0 Å². The molecule has 7 rings (SSSR count). The van der Waals surface area contributed by atoms with Crippen molar-refractivity contribution in [2.75, 3.05) is 0 Å². The summed E-state index contributed by atoms with van der Waals surface area (Å²) in [5.41, 5.74) is 6.93. The maximum Gasteiger partial charge on any atom is 0.168 e. The summed E-state index contributed by atoms with van der Waals surface area (Å²) in [7, 11) is 0. The number of hydrogen-bond donors (Lipinski definition) is 0. The van der Waals surface area contributed by atoms with Gasteiger partial charge in [0.1, 0.15) is 11.2 Å². The van der Waals surface area contributed by atoms with Crippen LogP contribution in [-0.2, 0) is 0 Å². The Balaban J connectivity index is 1.42. The molecule has 0 amide bonds. The normalized spacial score (nSPS) is 11.3. The summed E-state index contributed by atoms with van der Waals surface area (Å²) in [4.78, 5) is 0. The van der Waals surface area contributed by atoms with Crippen molar-refractivity contribution in [3.63, 3.8) is 0 Å². The van der Waals surface area contributed by atoms with E-state index in [1.807, 2.05) is 54.6 Å². The summed E-state index contributed by atoms with van der Waals surface area (Å²) in [6.07, 6.45) is 0. The predicted octanol–water partition coefficient (Wildman–Crippen LogP) is 8.17. The fraction of sp³-hybridized carbons (Fsp3) is 0. The lowest BCUT2D eigenvalue weighted by molar-refractivity contribution is 0.670. The minimum Gasteiger partial charge on any atom is -0.455 e. The fourth-order valence-corrected chi connectivity index (χ4v) is 4.87. The van der Waals surface area contributed by atoms with E-state index >= 15 is 0 Å². The van der Waals surface area contributed by atoms with Gasteiger partial charge in [-0.15, -0.1) is 10.2 Å². The van der Waals surface area contributed by atoms with Crippen LogP contribution in [0.5, 0.6) is 0 Å². The Hall–Kier alpha value is -4.96. The van der Waals surface area contributed by atoms with Crippen molar-refractivity contribution in [3.05, 3.63) is 127 Å². The fourth-order valence-electron chi connectivity index (χ4n) is 4.87. The van der Waals surface area contributed by atoms with Crippen LogP contribution in [0.15, 0.2) is 132 Å². The molecule has 0 radical (unpaired) electrons. The van der Waals surface area contributed by atoms with E-state index in [0.29, 0.717) is 0 Å². The van der Waals surface area contributed by atoms with Crippen LogP contribution in [0.25, 0.3) is 61.5 Å². The zero-order valence-corrected chi connectivity index (χ0v) is 19.4. The van der Waals surface area contributed by atoms with Crippen LogP contribution in [-0.4, -0.2) is 14.8 Å². The lowest BCUT2D eigenvalue weighted by Crippen LogP contribution is -2.00. The summed E-state index contributed by atoms with van der Waals surface area (Å²) >= 11 is 0. The summed E-state index contributed by atoms with van der Waals surface area (Å²) in [6.45, 7) is 0. The van der Waals surface area contributed by atoms with Gasteiger partial charge in [-0.05, 0) is 29.8 Å². The molecular formula is C32H21N3O. The molecular weight excluding hydrogens is 442 g/mol. The highest BCUT2D eigenvalue weighted by atomic mass is 16.3. The molecule has 0 aliphatic carbocycles. The maximum atomic E-state index is 6.31. The third-order valence-corrected chi connectivity index (χ3v) is 6.55. The first-order chi connectivity index (χ1) is 17.9. The van der Waals surface area contributed by atoms with Crippen molar-refractivity contribution in [2.45, 2.75) is 0 Å². The first-order valence-electron chi connectivity index (χ1n) is 11.9. The Morgan fingerprint density at radius 2 is 1.11 bits per heavy atom. The third-order valence-electron chi connectivity index (χ3n) is 6.55. The SMILES string of the molecule is c1ccc(-c2nnc(-c3cccc(-c4cccc5c4oc4ccccc45)c3)n2-c2ccccc2)cc1. The summed E-state index contributed by atoms with van der Waals surface area (Å²) in [5.74, 6) is 1.60. The van der Waals surface area contributed by atoms with Gasteiger partial charge >= 0.3 is 0 Å². The highest BCUT2D eigenvalue weighted by Crippen LogP contribution is 2.37. The van der Waals surface area contributed by atoms with Crippen molar-refractivity contribution in [1.82, 2.24) is 14.8 Å². The van der Waals surface area contributed by atoms with Gasteiger partial charge in [0.05, 0.1) is 0 Å². The molecule has 0 saturated heterocycles. The number of aromatic nitrogens is 3. The van der Waals surface area contributed by atoms with Crippen molar-refractivity contribution in [1.29, 1.82) is 0 Å². The van der Waals surface area contributed by atoms with E-state index in [-0.39, 0.29) is 0 Å². The molecule has 4 nitrogen and oxygen atoms in total. The minimum absolute atomic E-state index is 0.790. The zero-order valence-electron chi connectivity index (χ0n) is 19.4. The molecule has 0 aliphatic rings. The molecule has 0 fully saturated rings. The second-order valence-corrected chi connectivity index (χ2v) is 8.75. The van der Waals surface area contributed by atoms with Gasteiger partial charge in [0.2, 0.25) is 0 Å². The first-order valence-corrected chi connectivity index (χ1v) is 11.9.